The van der Waals surface area contributed by atoms with E-state index in [1.807, 2.05) is 55.8 Å². The molecule has 0 aliphatic heterocycles. The molecule has 0 atom stereocenters. The predicted octanol–water partition coefficient (Wildman–Crippen LogP) is 2.69. The Labute approximate surface area is 106 Å². The van der Waals surface area contributed by atoms with Gasteiger partial charge in [-0.2, -0.15) is 5.10 Å². The molecule has 2 aromatic rings. The Kier molecular flexibility index (Phi) is 3.46. The van der Waals surface area contributed by atoms with E-state index in [1.165, 1.54) is 0 Å². The number of hydrogen-bond donors (Lipinski definition) is 1. The van der Waals surface area contributed by atoms with E-state index in [-0.39, 0.29) is 5.91 Å². The van der Waals surface area contributed by atoms with Gasteiger partial charge < -0.3 is 4.57 Å². The summed E-state index contributed by atoms with van der Waals surface area (Å²) in [6, 6.07) is 9.79. The molecule has 4 nitrogen and oxygen atoms in total. The van der Waals surface area contributed by atoms with Gasteiger partial charge >= 0.3 is 0 Å². The van der Waals surface area contributed by atoms with Crippen LogP contribution in [0.1, 0.15) is 30.8 Å². The average molecular weight is 243 g/mol. The third-order valence-electron chi connectivity index (χ3n) is 3.04. The first-order chi connectivity index (χ1) is 8.63. The standard InChI is InChI=1S/C14H17N3O/c1-4-10(2)15-16-14(18)13-9-11-7-5-6-8-12(11)17(13)3/h5-9H,4H2,1-3H3,(H,16,18)/b15-10-. The molecular formula is C14H17N3O. The highest BCUT2D eigenvalue weighted by atomic mass is 16.2. The molecule has 1 N–H and O–H groups in total. The van der Waals surface area contributed by atoms with Crippen molar-refractivity contribution in [2.75, 3.05) is 0 Å². The topological polar surface area (TPSA) is 46.4 Å². The lowest BCUT2D eigenvalue weighted by Gasteiger charge is -2.03. The maximum Gasteiger partial charge on any atom is 0.287 e. The minimum atomic E-state index is -0.179. The molecule has 0 saturated heterocycles. The van der Waals surface area contributed by atoms with Crippen molar-refractivity contribution in [3.63, 3.8) is 0 Å². The molecule has 1 amide bonds. The number of aryl methyl sites for hydroxylation is 1. The van der Waals surface area contributed by atoms with Gasteiger partial charge in [0.05, 0.1) is 0 Å². The summed E-state index contributed by atoms with van der Waals surface area (Å²) in [5, 5.41) is 5.09. The summed E-state index contributed by atoms with van der Waals surface area (Å²) in [6.45, 7) is 3.89. The van der Waals surface area contributed by atoms with Crippen molar-refractivity contribution in [1.29, 1.82) is 0 Å². The van der Waals surface area contributed by atoms with Crippen LogP contribution in [-0.2, 0) is 7.05 Å². The van der Waals surface area contributed by atoms with Crippen molar-refractivity contribution in [3.05, 3.63) is 36.0 Å². The van der Waals surface area contributed by atoms with E-state index in [0.717, 1.165) is 23.0 Å². The number of carbonyl (C=O) groups is 1. The van der Waals surface area contributed by atoms with E-state index < -0.39 is 0 Å². The smallest absolute Gasteiger partial charge is 0.287 e. The Hall–Kier alpha value is -2.10. The molecule has 0 fully saturated rings. The van der Waals surface area contributed by atoms with Gasteiger partial charge in [0.15, 0.2) is 0 Å². The predicted molar refractivity (Wildman–Crippen MR) is 73.8 cm³/mol. The van der Waals surface area contributed by atoms with Gasteiger partial charge in [-0.15, -0.1) is 0 Å². The number of nitrogens with zero attached hydrogens (tertiary/aromatic N) is 2. The summed E-state index contributed by atoms with van der Waals surface area (Å²) >= 11 is 0. The van der Waals surface area contributed by atoms with Crippen LogP contribution in [0.25, 0.3) is 10.9 Å². The van der Waals surface area contributed by atoms with Gasteiger partial charge in [0, 0.05) is 23.7 Å². The Morgan fingerprint density at radius 3 is 2.78 bits per heavy atom. The number of hydrazone groups is 1. The summed E-state index contributed by atoms with van der Waals surface area (Å²) < 4.78 is 1.88. The van der Waals surface area contributed by atoms with Crippen LogP contribution in [0.15, 0.2) is 35.4 Å². The third kappa shape index (κ3) is 2.27. The molecule has 1 aromatic heterocycles. The van der Waals surface area contributed by atoms with Crippen molar-refractivity contribution in [2.24, 2.45) is 12.1 Å². The zero-order chi connectivity index (χ0) is 13.1. The molecule has 18 heavy (non-hydrogen) atoms. The fourth-order valence-corrected chi connectivity index (χ4v) is 1.79. The Balaban J connectivity index is 2.31. The number of amides is 1. The molecule has 0 aliphatic rings. The molecule has 0 bridgehead atoms. The van der Waals surface area contributed by atoms with Gasteiger partial charge in [0.2, 0.25) is 0 Å². The Morgan fingerprint density at radius 2 is 2.11 bits per heavy atom. The van der Waals surface area contributed by atoms with E-state index in [1.54, 1.807) is 0 Å². The number of hydrogen-bond acceptors (Lipinski definition) is 2. The number of benzene rings is 1. The van der Waals surface area contributed by atoms with Gasteiger partial charge in [-0.3, -0.25) is 4.79 Å². The van der Waals surface area contributed by atoms with E-state index in [4.69, 9.17) is 0 Å². The SMILES string of the molecule is CC/C(C)=N\NC(=O)c1cc2ccccc2n1C. The summed E-state index contributed by atoms with van der Waals surface area (Å²) in [6.07, 6.45) is 0.829. The van der Waals surface area contributed by atoms with Crippen molar-refractivity contribution in [1.82, 2.24) is 9.99 Å². The van der Waals surface area contributed by atoms with Crippen LogP contribution in [0.2, 0.25) is 0 Å². The van der Waals surface area contributed by atoms with E-state index in [0.29, 0.717) is 5.69 Å². The van der Waals surface area contributed by atoms with Gasteiger partial charge in [0.1, 0.15) is 5.69 Å². The summed E-state index contributed by atoms with van der Waals surface area (Å²) in [4.78, 5) is 12.0. The lowest BCUT2D eigenvalue weighted by Crippen LogP contribution is -2.21. The summed E-state index contributed by atoms with van der Waals surface area (Å²) in [5.41, 5.74) is 5.14. The molecule has 2 rings (SSSR count). The Bertz CT molecular complexity index is 611. The average Bonchev–Trinajstić information content (AvgIpc) is 2.73. The van der Waals surface area contributed by atoms with Crippen molar-refractivity contribution in [3.8, 4) is 0 Å². The van der Waals surface area contributed by atoms with Crippen molar-refractivity contribution in [2.45, 2.75) is 20.3 Å². The van der Waals surface area contributed by atoms with E-state index in [9.17, 15) is 4.79 Å². The molecular weight excluding hydrogens is 226 g/mol. The summed E-state index contributed by atoms with van der Waals surface area (Å²) in [5.74, 6) is -0.179. The molecule has 0 aliphatic carbocycles. The second-order valence-electron chi connectivity index (χ2n) is 4.29. The number of carbonyl (C=O) groups excluding carboxylic acids is 1. The van der Waals surface area contributed by atoms with Gasteiger partial charge in [-0.05, 0) is 25.5 Å². The number of rotatable bonds is 3. The van der Waals surface area contributed by atoms with Gasteiger partial charge in [-0.1, -0.05) is 25.1 Å². The molecule has 0 spiro atoms. The molecule has 0 saturated carbocycles. The minimum Gasteiger partial charge on any atom is -0.340 e. The lowest BCUT2D eigenvalue weighted by molar-refractivity contribution is 0.0947. The Morgan fingerprint density at radius 1 is 1.39 bits per heavy atom. The monoisotopic (exact) mass is 243 g/mol. The molecule has 4 heteroatoms. The molecule has 1 aromatic carbocycles. The van der Waals surface area contributed by atoms with Crippen LogP contribution in [0.5, 0.6) is 0 Å². The number of aromatic nitrogens is 1. The van der Waals surface area contributed by atoms with Crippen LogP contribution in [0.4, 0.5) is 0 Å². The summed E-state index contributed by atoms with van der Waals surface area (Å²) in [7, 11) is 1.88. The largest absolute Gasteiger partial charge is 0.340 e. The maximum atomic E-state index is 12.0. The minimum absolute atomic E-state index is 0.179. The molecule has 0 radical (unpaired) electrons. The van der Waals surface area contributed by atoms with Crippen LogP contribution >= 0.6 is 0 Å². The quantitative estimate of drug-likeness (QED) is 0.654. The van der Waals surface area contributed by atoms with Crippen molar-refractivity contribution >= 4 is 22.5 Å². The highest BCUT2D eigenvalue weighted by Crippen LogP contribution is 2.17. The fourth-order valence-electron chi connectivity index (χ4n) is 1.79. The first-order valence-corrected chi connectivity index (χ1v) is 6.01. The number of nitrogens with one attached hydrogen (secondary N) is 1. The highest BCUT2D eigenvalue weighted by molar-refractivity contribution is 5.99. The number of para-hydroxylation sites is 1. The van der Waals surface area contributed by atoms with Crippen LogP contribution in [0.3, 0.4) is 0 Å². The first kappa shape index (κ1) is 12.4. The van der Waals surface area contributed by atoms with Crippen LogP contribution in [-0.4, -0.2) is 16.2 Å². The lowest BCUT2D eigenvalue weighted by atomic mass is 10.2. The van der Waals surface area contributed by atoms with Gasteiger partial charge in [-0.25, -0.2) is 5.43 Å². The first-order valence-electron chi connectivity index (χ1n) is 6.01. The fraction of sp³-hybridized carbons (Fsp3) is 0.286. The van der Waals surface area contributed by atoms with Crippen LogP contribution < -0.4 is 5.43 Å². The highest BCUT2D eigenvalue weighted by Gasteiger charge is 2.12. The van der Waals surface area contributed by atoms with E-state index >= 15 is 0 Å². The van der Waals surface area contributed by atoms with E-state index in [2.05, 4.69) is 10.5 Å². The third-order valence-corrected chi connectivity index (χ3v) is 3.04. The second kappa shape index (κ2) is 5.04. The number of fused-ring (bicyclic) bond motifs is 1. The zero-order valence-electron chi connectivity index (χ0n) is 10.9. The molecule has 94 valence electrons. The zero-order valence-corrected chi connectivity index (χ0v) is 10.9. The molecule has 0 unspecified atom stereocenters. The van der Waals surface area contributed by atoms with Gasteiger partial charge in [0.25, 0.3) is 5.91 Å². The second-order valence-corrected chi connectivity index (χ2v) is 4.29. The van der Waals surface area contributed by atoms with Crippen molar-refractivity contribution < 1.29 is 4.79 Å². The van der Waals surface area contributed by atoms with Crippen LogP contribution in [0, 0.1) is 0 Å². The normalized spacial score (nSPS) is 11.8. The molecule has 1 heterocycles. The maximum absolute atomic E-state index is 12.0.